The van der Waals surface area contributed by atoms with E-state index in [9.17, 15) is 0 Å². The van der Waals surface area contributed by atoms with Crippen molar-refractivity contribution in [3.05, 3.63) is 0 Å². The van der Waals surface area contributed by atoms with Crippen LogP contribution in [0.15, 0.2) is 0 Å². The van der Waals surface area contributed by atoms with Gasteiger partial charge >= 0.3 is 0 Å². The number of rotatable bonds is 0. The van der Waals surface area contributed by atoms with Crippen molar-refractivity contribution in [2.75, 3.05) is 13.1 Å². The van der Waals surface area contributed by atoms with Gasteiger partial charge in [-0.05, 0) is 57.0 Å². The molecule has 1 N–H and O–H groups in total. The van der Waals surface area contributed by atoms with Crippen LogP contribution in [0.25, 0.3) is 0 Å². The van der Waals surface area contributed by atoms with Crippen LogP contribution in [-0.2, 0) is 4.74 Å². The van der Waals surface area contributed by atoms with Crippen LogP contribution in [-0.4, -0.2) is 25.3 Å². The molecule has 2 heteroatoms. The smallest absolute Gasteiger partial charge is 0.0637 e. The van der Waals surface area contributed by atoms with E-state index in [1.165, 1.54) is 51.6 Å². The maximum absolute atomic E-state index is 6.06. The summed E-state index contributed by atoms with van der Waals surface area (Å²) in [7, 11) is 0. The number of fused-ring (bicyclic) bond motifs is 3. The molecule has 3 heterocycles. The highest BCUT2D eigenvalue weighted by Gasteiger charge is 2.47. The zero-order valence-electron chi connectivity index (χ0n) is 8.22. The van der Waals surface area contributed by atoms with Gasteiger partial charge in [-0.1, -0.05) is 0 Å². The van der Waals surface area contributed by atoms with Gasteiger partial charge in [0.05, 0.1) is 12.2 Å². The topological polar surface area (TPSA) is 21.3 Å². The van der Waals surface area contributed by atoms with Crippen LogP contribution in [0.5, 0.6) is 0 Å². The first-order chi connectivity index (χ1) is 6.39. The molecule has 0 radical (unpaired) electrons. The van der Waals surface area contributed by atoms with Crippen molar-refractivity contribution in [2.45, 2.75) is 50.7 Å². The first kappa shape index (κ1) is 8.25. The van der Waals surface area contributed by atoms with E-state index in [4.69, 9.17) is 4.74 Å². The minimum absolute atomic E-state index is 0.582. The maximum atomic E-state index is 6.06. The number of ether oxygens (including phenoxy) is 1. The molecule has 13 heavy (non-hydrogen) atoms. The molecule has 3 rings (SSSR count). The van der Waals surface area contributed by atoms with Crippen molar-refractivity contribution in [2.24, 2.45) is 5.41 Å². The molecule has 3 aliphatic rings. The lowest BCUT2D eigenvalue weighted by molar-refractivity contribution is -0.0974. The second kappa shape index (κ2) is 2.96. The highest BCUT2D eigenvalue weighted by Crippen LogP contribution is 2.49. The van der Waals surface area contributed by atoms with E-state index in [0.29, 0.717) is 17.6 Å². The molecule has 0 amide bonds. The number of hydrogen-bond acceptors (Lipinski definition) is 2. The molecule has 0 aromatic rings. The zero-order chi connectivity index (χ0) is 8.73. The Balaban J connectivity index is 1.80. The summed E-state index contributed by atoms with van der Waals surface area (Å²) < 4.78 is 6.06. The Morgan fingerprint density at radius 1 is 1.00 bits per heavy atom. The Morgan fingerprint density at radius 2 is 1.85 bits per heavy atom. The summed E-state index contributed by atoms with van der Waals surface area (Å²) >= 11 is 0. The van der Waals surface area contributed by atoms with Crippen LogP contribution in [0, 0.1) is 5.41 Å². The van der Waals surface area contributed by atoms with Crippen molar-refractivity contribution in [1.29, 1.82) is 0 Å². The molecule has 3 fully saturated rings. The Labute approximate surface area is 80.0 Å². The summed E-state index contributed by atoms with van der Waals surface area (Å²) in [5.74, 6) is 0. The second-order valence-electron chi connectivity index (χ2n) is 4.98. The summed E-state index contributed by atoms with van der Waals surface area (Å²) in [5.41, 5.74) is 0.582. The van der Waals surface area contributed by atoms with Crippen LogP contribution in [0.4, 0.5) is 0 Å². The Hall–Kier alpha value is -0.0800. The Kier molecular flexibility index (Phi) is 1.88. The molecular formula is C11H19NO. The molecule has 1 spiro atoms. The van der Waals surface area contributed by atoms with E-state index in [0.717, 1.165) is 0 Å². The van der Waals surface area contributed by atoms with E-state index in [-0.39, 0.29) is 0 Å². The highest BCUT2D eigenvalue weighted by atomic mass is 16.5. The van der Waals surface area contributed by atoms with Crippen LogP contribution < -0.4 is 5.32 Å². The summed E-state index contributed by atoms with van der Waals surface area (Å²) in [4.78, 5) is 0. The summed E-state index contributed by atoms with van der Waals surface area (Å²) in [5, 5.41) is 3.46. The molecule has 2 unspecified atom stereocenters. The van der Waals surface area contributed by atoms with Crippen molar-refractivity contribution in [3.8, 4) is 0 Å². The molecule has 2 nitrogen and oxygen atoms in total. The molecule has 3 saturated heterocycles. The lowest BCUT2D eigenvalue weighted by Gasteiger charge is -2.45. The fourth-order valence-corrected chi connectivity index (χ4v) is 3.47. The molecule has 2 bridgehead atoms. The van der Waals surface area contributed by atoms with Crippen molar-refractivity contribution in [1.82, 2.24) is 5.32 Å². The summed E-state index contributed by atoms with van der Waals surface area (Å²) in [6.07, 6.45) is 9.39. The average Bonchev–Trinajstić information content (AvgIpc) is 2.60. The molecule has 0 aliphatic carbocycles. The third-order valence-electron chi connectivity index (χ3n) is 4.35. The lowest BCUT2D eigenvalue weighted by atomic mass is 9.70. The van der Waals surface area contributed by atoms with Gasteiger partial charge in [0.15, 0.2) is 0 Å². The van der Waals surface area contributed by atoms with Crippen LogP contribution in [0.2, 0.25) is 0 Å². The van der Waals surface area contributed by atoms with E-state index in [1.54, 1.807) is 0 Å². The van der Waals surface area contributed by atoms with Crippen LogP contribution in [0.3, 0.4) is 0 Å². The maximum Gasteiger partial charge on any atom is 0.0637 e. The van der Waals surface area contributed by atoms with E-state index in [2.05, 4.69) is 5.32 Å². The molecule has 2 atom stereocenters. The van der Waals surface area contributed by atoms with Gasteiger partial charge < -0.3 is 10.1 Å². The molecule has 74 valence electrons. The van der Waals surface area contributed by atoms with Gasteiger partial charge in [-0.15, -0.1) is 0 Å². The van der Waals surface area contributed by atoms with Gasteiger partial charge in [-0.3, -0.25) is 0 Å². The molecular weight excluding hydrogens is 162 g/mol. The largest absolute Gasteiger partial charge is 0.374 e. The first-order valence-corrected chi connectivity index (χ1v) is 5.75. The van der Waals surface area contributed by atoms with Gasteiger partial charge in [-0.25, -0.2) is 0 Å². The summed E-state index contributed by atoms with van der Waals surface area (Å²) in [6.45, 7) is 2.43. The van der Waals surface area contributed by atoms with Gasteiger partial charge in [-0.2, -0.15) is 0 Å². The normalized spacial score (nSPS) is 42.5. The van der Waals surface area contributed by atoms with Crippen molar-refractivity contribution in [3.63, 3.8) is 0 Å². The highest BCUT2D eigenvalue weighted by molar-refractivity contribution is 4.98. The predicted molar refractivity (Wildman–Crippen MR) is 51.7 cm³/mol. The third-order valence-corrected chi connectivity index (χ3v) is 4.35. The minimum Gasteiger partial charge on any atom is -0.374 e. The second-order valence-corrected chi connectivity index (χ2v) is 4.98. The monoisotopic (exact) mass is 181 g/mol. The lowest BCUT2D eigenvalue weighted by Crippen LogP contribution is -2.46. The van der Waals surface area contributed by atoms with E-state index >= 15 is 0 Å². The van der Waals surface area contributed by atoms with Gasteiger partial charge in [0, 0.05) is 0 Å². The van der Waals surface area contributed by atoms with Gasteiger partial charge in [0.2, 0.25) is 0 Å². The third kappa shape index (κ3) is 1.23. The van der Waals surface area contributed by atoms with E-state index in [1.807, 2.05) is 0 Å². The van der Waals surface area contributed by atoms with Crippen molar-refractivity contribution >= 4 is 0 Å². The minimum atomic E-state index is 0.582. The number of nitrogens with one attached hydrogen (secondary N) is 1. The Bertz CT molecular complexity index is 198. The standard InChI is InChI=1S/C11H19NO/c1-2-10-11(4-3-9(1)13-10)5-7-12-8-6-11/h9-10,12H,1-8H2. The molecule has 0 aromatic carbocycles. The Morgan fingerprint density at radius 3 is 2.69 bits per heavy atom. The van der Waals surface area contributed by atoms with Gasteiger partial charge in [0.1, 0.15) is 0 Å². The first-order valence-electron chi connectivity index (χ1n) is 5.75. The molecule has 0 aromatic heterocycles. The van der Waals surface area contributed by atoms with Crippen molar-refractivity contribution < 1.29 is 4.74 Å². The predicted octanol–water partition coefficient (Wildman–Crippen LogP) is 1.70. The molecule has 3 aliphatic heterocycles. The fourth-order valence-electron chi connectivity index (χ4n) is 3.47. The molecule has 0 saturated carbocycles. The van der Waals surface area contributed by atoms with E-state index < -0.39 is 0 Å². The van der Waals surface area contributed by atoms with Gasteiger partial charge in [0.25, 0.3) is 0 Å². The average molecular weight is 181 g/mol. The van der Waals surface area contributed by atoms with Crippen LogP contribution >= 0.6 is 0 Å². The van der Waals surface area contributed by atoms with Crippen LogP contribution in [0.1, 0.15) is 38.5 Å². The fraction of sp³-hybridized carbons (Fsp3) is 1.00. The summed E-state index contributed by atoms with van der Waals surface area (Å²) in [6, 6.07) is 0. The zero-order valence-corrected chi connectivity index (χ0v) is 8.22. The quantitative estimate of drug-likeness (QED) is 0.614. The number of hydrogen-bond donors (Lipinski definition) is 1. The SMILES string of the molecule is C1CC2(CCN1)CCC1CCC2O1. The number of piperidine rings is 1.